The lowest BCUT2D eigenvalue weighted by Crippen LogP contribution is -2.48. The van der Waals surface area contributed by atoms with Crippen LogP contribution < -0.4 is 0 Å². The minimum absolute atomic E-state index is 0.389. The fraction of sp³-hybridized carbons (Fsp3) is 1.00. The molecule has 16 heavy (non-hydrogen) atoms. The van der Waals surface area contributed by atoms with E-state index >= 15 is 0 Å². The van der Waals surface area contributed by atoms with Crippen molar-refractivity contribution in [1.82, 2.24) is 4.31 Å². The molecule has 3 nitrogen and oxygen atoms in total. The van der Waals surface area contributed by atoms with Gasteiger partial charge < -0.3 is 0 Å². The third-order valence-corrected chi connectivity index (χ3v) is 6.25. The molecule has 0 N–H and O–H groups in total. The molecule has 0 bridgehead atoms. The Labute approximate surface area is 119 Å². The number of rotatable bonds is 3. The van der Waals surface area contributed by atoms with Crippen LogP contribution in [0.3, 0.4) is 0 Å². The van der Waals surface area contributed by atoms with Crippen molar-refractivity contribution >= 4 is 55.2 Å². The summed E-state index contributed by atoms with van der Waals surface area (Å²) in [5, 5.41) is 0. The van der Waals surface area contributed by atoms with Crippen LogP contribution in [0.1, 0.15) is 12.8 Å². The molecule has 1 fully saturated rings. The summed E-state index contributed by atoms with van der Waals surface area (Å²) in [6.07, 6.45) is 1.01. The molecule has 0 aromatic carbocycles. The summed E-state index contributed by atoms with van der Waals surface area (Å²) in [4.78, 5) is 0. The van der Waals surface area contributed by atoms with E-state index in [0.29, 0.717) is 26.0 Å². The number of hydrogen-bond donors (Lipinski definition) is 0. The molecule has 0 aromatic rings. The molecule has 1 heterocycles. The highest BCUT2D eigenvalue weighted by Crippen LogP contribution is 2.36. The molecule has 96 valence electrons. The van der Waals surface area contributed by atoms with Crippen molar-refractivity contribution in [1.29, 1.82) is 0 Å². The predicted molar refractivity (Wildman–Crippen MR) is 71.4 cm³/mol. The number of hydrogen-bond acceptors (Lipinski definition) is 2. The molecule has 0 radical (unpaired) electrons. The number of nitrogens with zero attached hydrogens (tertiary/aromatic N) is 1. The SMILES string of the molecule is O=S(=O)(N1[C@H](CI)CC[C@H]1CI)C(F)(F)F. The maximum absolute atomic E-state index is 12.5. The van der Waals surface area contributed by atoms with Crippen molar-refractivity contribution < 1.29 is 21.6 Å². The molecule has 1 aliphatic rings. The maximum Gasteiger partial charge on any atom is 0.511 e. The van der Waals surface area contributed by atoms with Gasteiger partial charge in [-0.3, -0.25) is 0 Å². The van der Waals surface area contributed by atoms with E-state index in [9.17, 15) is 21.6 Å². The summed E-state index contributed by atoms with van der Waals surface area (Å²) in [7, 11) is -5.17. The Kier molecular flexibility index (Phi) is 5.16. The van der Waals surface area contributed by atoms with Crippen molar-refractivity contribution in [2.45, 2.75) is 30.4 Å². The van der Waals surface area contributed by atoms with Gasteiger partial charge in [0.1, 0.15) is 0 Å². The third-order valence-electron chi connectivity index (χ3n) is 2.48. The van der Waals surface area contributed by atoms with E-state index in [1.165, 1.54) is 0 Å². The van der Waals surface area contributed by atoms with E-state index in [2.05, 4.69) is 0 Å². The van der Waals surface area contributed by atoms with Gasteiger partial charge in [-0.25, -0.2) is 8.42 Å². The molecule has 1 saturated heterocycles. The van der Waals surface area contributed by atoms with Gasteiger partial charge in [0, 0.05) is 20.9 Å². The van der Waals surface area contributed by atoms with E-state index in [0.717, 1.165) is 0 Å². The van der Waals surface area contributed by atoms with Gasteiger partial charge in [-0.05, 0) is 12.8 Å². The second-order valence-electron chi connectivity index (χ2n) is 3.47. The summed E-state index contributed by atoms with van der Waals surface area (Å²) >= 11 is 3.85. The lowest BCUT2D eigenvalue weighted by Gasteiger charge is -2.28. The van der Waals surface area contributed by atoms with Crippen LogP contribution in [-0.2, 0) is 10.0 Å². The smallest absolute Gasteiger partial charge is 0.203 e. The van der Waals surface area contributed by atoms with Crippen LogP contribution >= 0.6 is 45.2 Å². The second kappa shape index (κ2) is 5.43. The Morgan fingerprint density at radius 3 is 1.75 bits per heavy atom. The minimum atomic E-state index is -5.19. The molecule has 0 saturated carbocycles. The van der Waals surface area contributed by atoms with Crippen molar-refractivity contribution in [3.05, 3.63) is 0 Å². The zero-order chi connectivity index (χ0) is 12.6. The lowest BCUT2D eigenvalue weighted by atomic mass is 10.2. The van der Waals surface area contributed by atoms with Crippen LogP contribution in [0.2, 0.25) is 0 Å². The summed E-state index contributed by atoms with van der Waals surface area (Å²) < 4.78 is 61.6. The Bertz CT molecular complexity index is 334. The zero-order valence-corrected chi connectivity index (χ0v) is 13.2. The second-order valence-corrected chi connectivity index (χ2v) is 7.07. The first kappa shape index (κ1) is 15.2. The Balaban J connectivity index is 3.08. The van der Waals surface area contributed by atoms with Crippen LogP contribution in [0.4, 0.5) is 13.2 Å². The van der Waals surface area contributed by atoms with E-state index < -0.39 is 27.6 Å². The van der Waals surface area contributed by atoms with Gasteiger partial charge in [0.15, 0.2) is 0 Å². The molecule has 0 aromatic heterocycles. The Hall–Kier alpha value is 1.16. The largest absolute Gasteiger partial charge is 0.511 e. The molecule has 0 unspecified atom stereocenters. The predicted octanol–water partition coefficient (Wildman–Crippen LogP) is 2.54. The van der Waals surface area contributed by atoms with Crippen molar-refractivity contribution in [2.75, 3.05) is 8.86 Å². The maximum atomic E-state index is 12.5. The topological polar surface area (TPSA) is 37.4 Å². The zero-order valence-electron chi connectivity index (χ0n) is 8.04. The van der Waals surface area contributed by atoms with Crippen LogP contribution in [0.5, 0.6) is 0 Å². The first-order valence-corrected chi connectivity index (χ1v) is 8.96. The summed E-state index contributed by atoms with van der Waals surface area (Å²) in [6.45, 7) is 0. The number of halogens is 5. The van der Waals surface area contributed by atoms with Gasteiger partial charge in [-0.15, -0.1) is 0 Å². The average Bonchev–Trinajstić information content (AvgIpc) is 2.58. The molecule has 1 rings (SSSR count). The average molecular weight is 483 g/mol. The number of sulfonamides is 1. The highest BCUT2D eigenvalue weighted by molar-refractivity contribution is 14.1. The van der Waals surface area contributed by atoms with Crippen molar-refractivity contribution in [2.24, 2.45) is 0 Å². The van der Waals surface area contributed by atoms with Gasteiger partial charge in [-0.2, -0.15) is 17.5 Å². The standard InChI is InChI=1S/C7H10F3I2NO2S/c8-7(9,10)16(14,15)13-5(3-11)1-2-6(13)4-12/h5-6H,1-4H2/t5-,6-/m0/s1. The third kappa shape index (κ3) is 2.76. The number of alkyl halides is 5. The molecular formula is C7H10F3I2NO2S. The molecule has 9 heteroatoms. The molecule has 1 aliphatic heterocycles. The van der Waals surface area contributed by atoms with Gasteiger partial charge >= 0.3 is 15.5 Å². The van der Waals surface area contributed by atoms with Gasteiger partial charge in [0.05, 0.1) is 0 Å². The lowest BCUT2D eigenvalue weighted by molar-refractivity contribution is -0.0498. The minimum Gasteiger partial charge on any atom is -0.203 e. The highest BCUT2D eigenvalue weighted by Gasteiger charge is 2.55. The quantitative estimate of drug-likeness (QED) is 0.458. The van der Waals surface area contributed by atoms with Gasteiger partial charge in [0.2, 0.25) is 0 Å². The van der Waals surface area contributed by atoms with E-state index in [-0.39, 0.29) is 0 Å². The fourth-order valence-electron chi connectivity index (χ4n) is 1.74. The van der Waals surface area contributed by atoms with E-state index in [4.69, 9.17) is 0 Å². The van der Waals surface area contributed by atoms with Crippen LogP contribution in [0.25, 0.3) is 0 Å². The van der Waals surface area contributed by atoms with Crippen molar-refractivity contribution in [3.63, 3.8) is 0 Å². The summed E-state index contributed by atoms with van der Waals surface area (Å²) in [5.41, 5.74) is -5.19. The van der Waals surface area contributed by atoms with Crippen molar-refractivity contribution in [3.8, 4) is 0 Å². The molecule has 0 amide bonds. The van der Waals surface area contributed by atoms with Crippen LogP contribution in [0.15, 0.2) is 0 Å². The highest BCUT2D eigenvalue weighted by atomic mass is 127. The first-order valence-electron chi connectivity index (χ1n) is 4.47. The van der Waals surface area contributed by atoms with E-state index in [1.54, 1.807) is 0 Å². The molecular weight excluding hydrogens is 473 g/mol. The normalized spacial score (nSPS) is 28.6. The van der Waals surface area contributed by atoms with Crippen LogP contribution in [0, 0.1) is 0 Å². The Morgan fingerprint density at radius 1 is 1.12 bits per heavy atom. The monoisotopic (exact) mass is 483 g/mol. The first-order chi connectivity index (χ1) is 7.25. The molecule has 0 aliphatic carbocycles. The molecule has 0 spiro atoms. The fourth-order valence-corrected chi connectivity index (χ4v) is 5.39. The van der Waals surface area contributed by atoms with Gasteiger partial charge in [0.25, 0.3) is 0 Å². The van der Waals surface area contributed by atoms with Gasteiger partial charge in [-0.1, -0.05) is 45.2 Å². The molecule has 2 atom stereocenters. The summed E-state index contributed by atoms with van der Waals surface area (Å²) in [6, 6.07) is -1.04. The summed E-state index contributed by atoms with van der Waals surface area (Å²) in [5.74, 6) is 0. The van der Waals surface area contributed by atoms with E-state index in [1.807, 2.05) is 45.2 Å². The Morgan fingerprint density at radius 2 is 1.50 bits per heavy atom. The van der Waals surface area contributed by atoms with Crippen LogP contribution in [-0.4, -0.2) is 39.2 Å².